The number of amides is 3. The first-order valence-electron chi connectivity index (χ1n) is 9.94. The monoisotopic (exact) mass is 413 g/mol. The van der Waals surface area contributed by atoms with Crippen molar-refractivity contribution in [3.63, 3.8) is 0 Å². The Kier molecular flexibility index (Phi) is 7.74. The summed E-state index contributed by atoms with van der Waals surface area (Å²) in [6.07, 6.45) is 2.60. The number of carbonyl (C=O) groups is 4. The maximum Gasteiger partial charge on any atom is 0.326 e. The molecule has 0 aromatic heterocycles. The molecule has 8 nitrogen and oxygen atoms in total. The van der Waals surface area contributed by atoms with E-state index in [0.29, 0.717) is 32.4 Å². The van der Waals surface area contributed by atoms with Crippen LogP contribution in [0, 0.1) is 5.92 Å². The fourth-order valence-electron chi connectivity index (χ4n) is 3.94. The average Bonchev–Trinajstić information content (AvgIpc) is 3.26. The fraction of sp³-hybridized carbons (Fsp3) is 0.789. The van der Waals surface area contributed by atoms with E-state index < -0.39 is 24.1 Å². The number of carboxylic acid groups (broad SMARTS) is 1. The molecule has 0 saturated carbocycles. The molecule has 4 atom stereocenters. The Bertz CT molecular complexity index is 625. The highest BCUT2D eigenvalue weighted by molar-refractivity contribution is 7.80. The standard InChI is InChI=1S/C19H31N3O5S/c1-11(2)16(18(25)22-9-5-7-14(22)19(26)27)20-17(24)13-6-4-8-21(13)15(23)10-12(3)28/h11-14,16,28H,4-10H2,1-3H3,(H,20,24)(H,26,27)/t12?,13-,14+,16+/m1/s1. The second-order valence-electron chi connectivity index (χ2n) is 8.06. The van der Waals surface area contributed by atoms with Gasteiger partial charge in [-0.3, -0.25) is 14.4 Å². The number of aliphatic carboxylic acids is 1. The summed E-state index contributed by atoms with van der Waals surface area (Å²) in [7, 11) is 0. The highest BCUT2D eigenvalue weighted by Crippen LogP contribution is 2.23. The topological polar surface area (TPSA) is 107 Å². The summed E-state index contributed by atoms with van der Waals surface area (Å²) in [6.45, 7) is 6.35. The van der Waals surface area contributed by atoms with Gasteiger partial charge in [0.05, 0.1) is 0 Å². The molecule has 0 radical (unpaired) electrons. The summed E-state index contributed by atoms with van der Waals surface area (Å²) in [5, 5.41) is 12.0. The zero-order valence-corrected chi connectivity index (χ0v) is 17.7. The predicted octanol–water partition coefficient (Wildman–Crippen LogP) is 0.902. The number of carbonyl (C=O) groups excluding carboxylic acids is 3. The minimum atomic E-state index is -1.02. The first-order valence-corrected chi connectivity index (χ1v) is 10.5. The maximum atomic E-state index is 13.0. The van der Waals surface area contributed by atoms with Crippen LogP contribution in [0.3, 0.4) is 0 Å². The van der Waals surface area contributed by atoms with E-state index in [4.69, 9.17) is 0 Å². The summed E-state index contributed by atoms with van der Waals surface area (Å²) < 4.78 is 0. The third-order valence-corrected chi connectivity index (χ3v) is 5.58. The van der Waals surface area contributed by atoms with Gasteiger partial charge in [-0.05, 0) is 31.6 Å². The molecule has 2 aliphatic rings. The molecule has 0 spiro atoms. The van der Waals surface area contributed by atoms with Crippen molar-refractivity contribution in [1.82, 2.24) is 15.1 Å². The van der Waals surface area contributed by atoms with Crippen LogP contribution in [-0.2, 0) is 19.2 Å². The van der Waals surface area contributed by atoms with E-state index in [9.17, 15) is 24.3 Å². The van der Waals surface area contributed by atoms with Gasteiger partial charge in [0.2, 0.25) is 17.7 Å². The van der Waals surface area contributed by atoms with Gasteiger partial charge in [-0.2, -0.15) is 12.6 Å². The number of nitrogens with one attached hydrogen (secondary N) is 1. The van der Waals surface area contributed by atoms with E-state index in [2.05, 4.69) is 17.9 Å². The van der Waals surface area contributed by atoms with Gasteiger partial charge in [0.15, 0.2) is 0 Å². The number of thiol groups is 1. The van der Waals surface area contributed by atoms with Gasteiger partial charge in [0.1, 0.15) is 18.1 Å². The lowest BCUT2D eigenvalue weighted by Gasteiger charge is -2.31. The average molecular weight is 414 g/mol. The fourth-order valence-corrected chi connectivity index (χ4v) is 4.09. The number of hydrogen-bond donors (Lipinski definition) is 3. The molecule has 3 amide bonds. The number of likely N-dealkylation sites (tertiary alicyclic amines) is 2. The van der Waals surface area contributed by atoms with Crippen LogP contribution in [0.2, 0.25) is 0 Å². The zero-order chi connectivity index (χ0) is 21.0. The van der Waals surface area contributed by atoms with Crippen molar-refractivity contribution >= 4 is 36.3 Å². The Morgan fingerprint density at radius 2 is 1.61 bits per heavy atom. The first-order chi connectivity index (χ1) is 13.1. The van der Waals surface area contributed by atoms with Gasteiger partial charge in [-0.1, -0.05) is 20.8 Å². The minimum Gasteiger partial charge on any atom is -0.480 e. The van der Waals surface area contributed by atoms with Crippen molar-refractivity contribution < 1.29 is 24.3 Å². The lowest BCUT2D eigenvalue weighted by Crippen LogP contribution is -2.57. The molecule has 2 heterocycles. The van der Waals surface area contributed by atoms with Gasteiger partial charge in [0.25, 0.3) is 0 Å². The van der Waals surface area contributed by atoms with Crippen LogP contribution in [0.5, 0.6) is 0 Å². The normalized spacial score (nSPS) is 24.3. The van der Waals surface area contributed by atoms with Crippen LogP contribution >= 0.6 is 12.6 Å². The summed E-state index contributed by atoms with van der Waals surface area (Å²) in [5.74, 6) is -2.05. The van der Waals surface area contributed by atoms with Crippen molar-refractivity contribution in [2.75, 3.05) is 13.1 Å². The molecule has 0 bridgehead atoms. The third kappa shape index (κ3) is 5.18. The molecule has 2 fully saturated rings. The van der Waals surface area contributed by atoms with Crippen LogP contribution in [0.15, 0.2) is 0 Å². The van der Waals surface area contributed by atoms with Gasteiger partial charge in [-0.15, -0.1) is 0 Å². The van der Waals surface area contributed by atoms with Crippen molar-refractivity contribution in [3.8, 4) is 0 Å². The van der Waals surface area contributed by atoms with Crippen LogP contribution < -0.4 is 5.32 Å². The molecule has 2 rings (SSSR count). The van der Waals surface area contributed by atoms with Gasteiger partial charge in [-0.25, -0.2) is 4.79 Å². The van der Waals surface area contributed by atoms with Crippen molar-refractivity contribution in [2.24, 2.45) is 5.92 Å². The quantitative estimate of drug-likeness (QED) is 0.538. The molecular formula is C19H31N3O5S. The highest BCUT2D eigenvalue weighted by Gasteiger charge is 2.41. The van der Waals surface area contributed by atoms with Gasteiger partial charge >= 0.3 is 5.97 Å². The van der Waals surface area contributed by atoms with E-state index >= 15 is 0 Å². The highest BCUT2D eigenvalue weighted by atomic mass is 32.1. The van der Waals surface area contributed by atoms with Crippen LogP contribution in [0.25, 0.3) is 0 Å². The number of nitrogens with zero attached hydrogens (tertiary/aromatic N) is 2. The van der Waals surface area contributed by atoms with Crippen LogP contribution in [0.1, 0.15) is 52.9 Å². The molecule has 2 N–H and O–H groups in total. The number of rotatable bonds is 7. The van der Waals surface area contributed by atoms with E-state index in [1.54, 1.807) is 4.90 Å². The smallest absolute Gasteiger partial charge is 0.326 e. The third-order valence-electron chi connectivity index (χ3n) is 5.40. The van der Waals surface area contributed by atoms with Crippen molar-refractivity contribution in [2.45, 2.75) is 76.3 Å². The summed E-state index contributed by atoms with van der Waals surface area (Å²) in [5.41, 5.74) is 0. The summed E-state index contributed by atoms with van der Waals surface area (Å²) in [6, 6.07) is -2.25. The Morgan fingerprint density at radius 1 is 1.04 bits per heavy atom. The maximum absolute atomic E-state index is 13.0. The largest absolute Gasteiger partial charge is 0.480 e. The molecule has 28 heavy (non-hydrogen) atoms. The van der Waals surface area contributed by atoms with Gasteiger partial charge < -0.3 is 20.2 Å². The van der Waals surface area contributed by atoms with Gasteiger partial charge in [0, 0.05) is 24.8 Å². The molecule has 0 aromatic rings. The van der Waals surface area contributed by atoms with E-state index in [0.717, 1.165) is 6.42 Å². The molecule has 1 unspecified atom stereocenters. The minimum absolute atomic E-state index is 0.0927. The lowest BCUT2D eigenvalue weighted by atomic mass is 10.0. The van der Waals surface area contributed by atoms with Crippen molar-refractivity contribution in [3.05, 3.63) is 0 Å². The summed E-state index contributed by atoms with van der Waals surface area (Å²) in [4.78, 5) is 52.6. The number of carboxylic acids is 1. The summed E-state index contributed by atoms with van der Waals surface area (Å²) >= 11 is 4.25. The van der Waals surface area contributed by atoms with Crippen molar-refractivity contribution in [1.29, 1.82) is 0 Å². The van der Waals surface area contributed by atoms with E-state index in [1.807, 2.05) is 20.8 Å². The Labute approximate surface area is 171 Å². The number of hydrogen-bond acceptors (Lipinski definition) is 5. The molecule has 9 heteroatoms. The molecule has 0 aromatic carbocycles. The van der Waals surface area contributed by atoms with E-state index in [1.165, 1.54) is 4.90 Å². The van der Waals surface area contributed by atoms with E-state index in [-0.39, 0.29) is 35.3 Å². The second kappa shape index (κ2) is 9.62. The molecular weight excluding hydrogens is 382 g/mol. The first kappa shape index (κ1) is 22.5. The Balaban J connectivity index is 2.09. The van der Waals surface area contributed by atoms with Crippen LogP contribution in [0.4, 0.5) is 0 Å². The molecule has 0 aliphatic carbocycles. The Morgan fingerprint density at radius 3 is 2.14 bits per heavy atom. The Hall–Kier alpha value is -1.77. The zero-order valence-electron chi connectivity index (χ0n) is 16.8. The lowest BCUT2D eigenvalue weighted by molar-refractivity contribution is -0.150. The SMILES string of the molecule is CC(S)CC(=O)N1CCC[C@@H]1C(=O)N[C@H](C(=O)N1CCC[C@H]1C(=O)O)C(C)C. The second-order valence-corrected chi connectivity index (χ2v) is 8.94. The molecule has 2 aliphatic heterocycles. The molecule has 2 saturated heterocycles. The predicted molar refractivity (Wildman–Crippen MR) is 107 cm³/mol. The van der Waals surface area contributed by atoms with Crippen LogP contribution in [-0.4, -0.2) is 75.1 Å². The molecule has 158 valence electrons.